The number of benzene rings is 1. The lowest BCUT2D eigenvalue weighted by atomic mass is 9.85. The molecule has 1 atom stereocenters. The van der Waals surface area contributed by atoms with Crippen molar-refractivity contribution in [2.75, 3.05) is 0 Å². The molecule has 0 fully saturated rings. The molecule has 1 heterocycles. The molecule has 0 bridgehead atoms. The van der Waals surface area contributed by atoms with Crippen LogP contribution in [0.15, 0.2) is 36.5 Å². The van der Waals surface area contributed by atoms with Gasteiger partial charge < -0.3 is 10.5 Å². The van der Waals surface area contributed by atoms with Crippen LogP contribution in [0.5, 0.6) is 11.6 Å². The molecule has 0 aliphatic carbocycles. The maximum Gasteiger partial charge on any atom is 0.223 e. The summed E-state index contributed by atoms with van der Waals surface area (Å²) in [5.41, 5.74) is 9.31. The number of hydrogen-bond donors (Lipinski definition) is 1. The maximum absolute atomic E-state index is 6.09. The van der Waals surface area contributed by atoms with Gasteiger partial charge in [0.05, 0.1) is 0 Å². The highest BCUT2D eigenvalue weighted by atomic mass is 16.5. The molecule has 0 saturated carbocycles. The van der Waals surface area contributed by atoms with E-state index < -0.39 is 0 Å². The van der Waals surface area contributed by atoms with Gasteiger partial charge >= 0.3 is 0 Å². The Morgan fingerprint density at radius 1 is 1.19 bits per heavy atom. The highest BCUT2D eigenvalue weighted by Gasteiger charge is 2.20. The van der Waals surface area contributed by atoms with Crippen molar-refractivity contribution in [3.63, 3.8) is 0 Å². The minimum absolute atomic E-state index is 0.00459. The summed E-state index contributed by atoms with van der Waals surface area (Å²) in [6, 6.07) is 9.96. The van der Waals surface area contributed by atoms with Gasteiger partial charge in [-0.05, 0) is 31.4 Å². The van der Waals surface area contributed by atoms with Crippen LogP contribution in [-0.4, -0.2) is 4.98 Å². The first kappa shape index (κ1) is 15.5. The zero-order valence-corrected chi connectivity index (χ0v) is 13.5. The lowest BCUT2D eigenvalue weighted by Crippen LogP contribution is -2.14. The second kappa shape index (κ2) is 5.86. The maximum atomic E-state index is 6.09. The lowest BCUT2D eigenvalue weighted by Gasteiger charge is -2.23. The molecule has 0 amide bonds. The molecule has 3 heteroatoms. The lowest BCUT2D eigenvalue weighted by molar-refractivity contribution is 0.431. The Bertz CT molecular complexity index is 627. The first-order valence-electron chi connectivity index (χ1n) is 7.28. The molecule has 1 aromatic carbocycles. The molecule has 1 aromatic heterocycles. The molecule has 0 unspecified atom stereocenters. The van der Waals surface area contributed by atoms with Crippen molar-refractivity contribution >= 4 is 0 Å². The van der Waals surface area contributed by atoms with E-state index in [9.17, 15) is 0 Å². The molecule has 0 saturated heterocycles. The van der Waals surface area contributed by atoms with Crippen LogP contribution in [0.4, 0.5) is 0 Å². The van der Waals surface area contributed by atoms with E-state index in [2.05, 4.69) is 44.8 Å². The predicted molar refractivity (Wildman–Crippen MR) is 86.8 cm³/mol. The van der Waals surface area contributed by atoms with Crippen molar-refractivity contribution in [3.8, 4) is 11.6 Å². The highest BCUT2D eigenvalue weighted by molar-refractivity contribution is 5.44. The SMILES string of the molecule is Cc1ccc(Oc2ncccc2[C@@H](C)N)c(C(C)(C)C)c1. The number of rotatable bonds is 3. The van der Waals surface area contributed by atoms with Crippen molar-refractivity contribution in [1.82, 2.24) is 4.98 Å². The van der Waals surface area contributed by atoms with Crippen molar-refractivity contribution in [2.24, 2.45) is 5.73 Å². The van der Waals surface area contributed by atoms with Crippen LogP contribution in [-0.2, 0) is 5.41 Å². The van der Waals surface area contributed by atoms with Crippen LogP contribution in [0.3, 0.4) is 0 Å². The summed E-state index contributed by atoms with van der Waals surface area (Å²) in [6.45, 7) is 10.6. The Labute approximate surface area is 127 Å². The monoisotopic (exact) mass is 284 g/mol. The third kappa shape index (κ3) is 3.61. The molecule has 0 aliphatic heterocycles. The fourth-order valence-electron chi connectivity index (χ4n) is 2.26. The van der Waals surface area contributed by atoms with E-state index >= 15 is 0 Å². The van der Waals surface area contributed by atoms with E-state index in [-0.39, 0.29) is 11.5 Å². The number of hydrogen-bond acceptors (Lipinski definition) is 3. The van der Waals surface area contributed by atoms with Gasteiger partial charge in [-0.3, -0.25) is 0 Å². The van der Waals surface area contributed by atoms with Gasteiger partial charge in [0, 0.05) is 23.4 Å². The molecule has 0 aliphatic rings. The fraction of sp³-hybridized carbons (Fsp3) is 0.389. The van der Waals surface area contributed by atoms with Crippen molar-refractivity contribution in [3.05, 3.63) is 53.2 Å². The van der Waals surface area contributed by atoms with E-state index in [1.165, 1.54) is 11.1 Å². The molecule has 2 rings (SSSR count). The van der Waals surface area contributed by atoms with Crippen LogP contribution in [0.25, 0.3) is 0 Å². The zero-order valence-electron chi connectivity index (χ0n) is 13.5. The predicted octanol–water partition coefficient (Wildman–Crippen LogP) is 4.50. The second-order valence-corrected chi connectivity index (χ2v) is 6.54. The van der Waals surface area contributed by atoms with Gasteiger partial charge in [-0.2, -0.15) is 0 Å². The summed E-state index contributed by atoms with van der Waals surface area (Å²) in [5.74, 6) is 1.43. The molecule has 0 spiro atoms. The minimum Gasteiger partial charge on any atom is -0.438 e. The molecule has 112 valence electrons. The molecule has 3 nitrogen and oxygen atoms in total. The summed E-state index contributed by atoms with van der Waals surface area (Å²) in [4.78, 5) is 4.34. The molecular weight excluding hydrogens is 260 g/mol. The van der Waals surface area contributed by atoms with Crippen LogP contribution in [0.2, 0.25) is 0 Å². The smallest absolute Gasteiger partial charge is 0.223 e. The molecular formula is C18H24N2O. The number of ether oxygens (including phenoxy) is 1. The average molecular weight is 284 g/mol. The zero-order chi connectivity index (χ0) is 15.6. The molecule has 21 heavy (non-hydrogen) atoms. The van der Waals surface area contributed by atoms with Gasteiger partial charge in [0.15, 0.2) is 0 Å². The van der Waals surface area contributed by atoms with Gasteiger partial charge in [-0.15, -0.1) is 0 Å². The summed E-state index contributed by atoms with van der Waals surface area (Å²) in [6.07, 6.45) is 1.73. The number of pyridine rings is 1. The van der Waals surface area contributed by atoms with E-state index in [1.807, 2.05) is 25.1 Å². The van der Waals surface area contributed by atoms with E-state index in [4.69, 9.17) is 10.5 Å². The van der Waals surface area contributed by atoms with Crippen LogP contribution < -0.4 is 10.5 Å². The summed E-state index contributed by atoms with van der Waals surface area (Å²) < 4.78 is 6.09. The Hall–Kier alpha value is -1.87. The van der Waals surface area contributed by atoms with Gasteiger partial charge in [-0.25, -0.2) is 4.98 Å². The van der Waals surface area contributed by atoms with Crippen LogP contribution in [0, 0.1) is 6.92 Å². The van der Waals surface area contributed by atoms with E-state index in [1.54, 1.807) is 6.20 Å². The normalized spacial score (nSPS) is 13.0. The topological polar surface area (TPSA) is 48.1 Å². The molecule has 2 N–H and O–H groups in total. The number of nitrogens with zero attached hydrogens (tertiary/aromatic N) is 1. The van der Waals surface area contributed by atoms with Crippen molar-refractivity contribution in [1.29, 1.82) is 0 Å². The highest BCUT2D eigenvalue weighted by Crippen LogP contribution is 2.35. The fourth-order valence-corrected chi connectivity index (χ4v) is 2.26. The third-order valence-electron chi connectivity index (χ3n) is 3.44. The number of aryl methyl sites for hydroxylation is 1. The number of aromatic nitrogens is 1. The Morgan fingerprint density at radius 3 is 2.52 bits per heavy atom. The average Bonchev–Trinajstić information content (AvgIpc) is 2.40. The van der Waals surface area contributed by atoms with Crippen molar-refractivity contribution < 1.29 is 4.74 Å². The van der Waals surface area contributed by atoms with E-state index in [0.29, 0.717) is 5.88 Å². The van der Waals surface area contributed by atoms with Gasteiger partial charge in [0.2, 0.25) is 5.88 Å². The summed E-state index contributed by atoms with van der Waals surface area (Å²) in [7, 11) is 0. The first-order valence-corrected chi connectivity index (χ1v) is 7.28. The van der Waals surface area contributed by atoms with Gasteiger partial charge in [0.1, 0.15) is 5.75 Å². The van der Waals surface area contributed by atoms with Gasteiger partial charge in [0.25, 0.3) is 0 Å². The largest absolute Gasteiger partial charge is 0.438 e. The van der Waals surface area contributed by atoms with E-state index in [0.717, 1.165) is 11.3 Å². The van der Waals surface area contributed by atoms with Gasteiger partial charge in [-0.1, -0.05) is 44.5 Å². The second-order valence-electron chi connectivity index (χ2n) is 6.54. The van der Waals surface area contributed by atoms with Crippen LogP contribution in [0.1, 0.15) is 50.4 Å². The van der Waals surface area contributed by atoms with Crippen molar-refractivity contribution in [2.45, 2.75) is 46.1 Å². The minimum atomic E-state index is -0.114. The molecule has 2 aromatic rings. The summed E-state index contributed by atoms with van der Waals surface area (Å²) >= 11 is 0. The quantitative estimate of drug-likeness (QED) is 0.902. The Kier molecular flexibility index (Phi) is 4.33. The Morgan fingerprint density at radius 2 is 1.90 bits per heavy atom. The first-order chi connectivity index (χ1) is 9.79. The molecule has 0 radical (unpaired) electrons. The third-order valence-corrected chi connectivity index (χ3v) is 3.44. The summed E-state index contributed by atoms with van der Waals surface area (Å²) in [5, 5.41) is 0. The van der Waals surface area contributed by atoms with Crippen LogP contribution >= 0.6 is 0 Å². The number of nitrogens with two attached hydrogens (primary N) is 1. The Balaban J connectivity index is 2.46. The standard InChI is InChI=1S/C18H24N2O/c1-12-8-9-16(15(11-12)18(3,4)5)21-17-14(13(2)19)7-6-10-20-17/h6-11,13H,19H2,1-5H3/t13-/m1/s1.